The molecule has 174 valence electrons. The van der Waals surface area contributed by atoms with E-state index >= 15 is 0 Å². The zero-order valence-corrected chi connectivity index (χ0v) is 19.8. The predicted molar refractivity (Wildman–Crippen MR) is 137 cm³/mol. The number of allylic oxidation sites excluding steroid dienone is 1. The normalized spacial score (nSPS) is 17.2. The molecule has 0 amide bonds. The third kappa shape index (κ3) is 4.77. The lowest BCUT2D eigenvalue weighted by atomic mass is 9.90. The van der Waals surface area contributed by atoms with Crippen molar-refractivity contribution in [3.8, 4) is 11.1 Å². The van der Waals surface area contributed by atoms with E-state index in [1.54, 1.807) is 6.20 Å². The summed E-state index contributed by atoms with van der Waals surface area (Å²) >= 11 is 0. The van der Waals surface area contributed by atoms with Crippen molar-refractivity contribution >= 4 is 22.3 Å². The van der Waals surface area contributed by atoms with Crippen LogP contribution in [0.4, 0.5) is 10.2 Å². The molecule has 0 radical (unpaired) electrons. The second kappa shape index (κ2) is 9.47. The Labute approximate surface area is 200 Å². The Kier molecular flexibility index (Phi) is 6.24. The summed E-state index contributed by atoms with van der Waals surface area (Å²) in [6.07, 6.45) is 10.1. The summed E-state index contributed by atoms with van der Waals surface area (Å²) in [4.78, 5) is 16.0. The number of anilines is 1. The Hall–Kier alpha value is -3.38. The van der Waals surface area contributed by atoms with Gasteiger partial charge in [0.1, 0.15) is 11.6 Å². The van der Waals surface area contributed by atoms with Crippen LogP contribution in [0, 0.1) is 11.7 Å². The number of hydrogen-bond acceptors (Lipinski definition) is 5. The van der Waals surface area contributed by atoms with E-state index < -0.39 is 0 Å². The summed E-state index contributed by atoms with van der Waals surface area (Å²) in [5.74, 6) is 0.925. The van der Waals surface area contributed by atoms with Crippen molar-refractivity contribution in [3.05, 3.63) is 78.8 Å². The van der Waals surface area contributed by atoms with E-state index in [0.717, 1.165) is 52.8 Å². The Balaban J connectivity index is 1.28. The van der Waals surface area contributed by atoms with E-state index in [0.29, 0.717) is 17.8 Å². The predicted octanol–water partition coefficient (Wildman–Crippen LogP) is 6.21. The molecule has 34 heavy (non-hydrogen) atoms. The SMILES string of the molecule is C=C(Nc1cc2cc(-c3cncc(F)c3)ccc2cn1)C1=CCC(C2CCN(C(C)C)CC2)=N1. The average Bonchev–Trinajstić information content (AvgIpc) is 3.34. The van der Waals surface area contributed by atoms with Gasteiger partial charge in [-0.05, 0) is 68.9 Å². The molecule has 1 aromatic carbocycles. The van der Waals surface area contributed by atoms with Crippen LogP contribution in [0.25, 0.3) is 21.9 Å². The number of aliphatic imine (C=N–C) groups is 1. The van der Waals surface area contributed by atoms with Crippen molar-refractivity contribution in [2.24, 2.45) is 10.9 Å². The van der Waals surface area contributed by atoms with E-state index in [-0.39, 0.29) is 5.82 Å². The van der Waals surface area contributed by atoms with Gasteiger partial charge in [0.15, 0.2) is 0 Å². The Morgan fingerprint density at radius 1 is 1.06 bits per heavy atom. The van der Waals surface area contributed by atoms with Crippen LogP contribution < -0.4 is 5.32 Å². The highest BCUT2D eigenvalue weighted by molar-refractivity contribution is 5.92. The first-order chi connectivity index (χ1) is 16.5. The van der Waals surface area contributed by atoms with Gasteiger partial charge in [0.25, 0.3) is 0 Å². The topological polar surface area (TPSA) is 53.4 Å². The quantitative estimate of drug-likeness (QED) is 0.480. The Morgan fingerprint density at radius 3 is 2.65 bits per heavy atom. The molecule has 0 spiro atoms. The van der Waals surface area contributed by atoms with Crippen molar-refractivity contribution in [1.82, 2.24) is 14.9 Å². The van der Waals surface area contributed by atoms with Crippen molar-refractivity contribution in [2.75, 3.05) is 18.4 Å². The molecule has 1 saturated heterocycles. The van der Waals surface area contributed by atoms with Crippen LogP contribution in [0.3, 0.4) is 0 Å². The molecule has 0 aliphatic carbocycles. The van der Waals surface area contributed by atoms with Crippen molar-refractivity contribution in [2.45, 2.75) is 39.2 Å². The molecule has 0 atom stereocenters. The zero-order chi connectivity index (χ0) is 23.7. The number of hydrogen-bond donors (Lipinski definition) is 1. The molecule has 2 aliphatic rings. The van der Waals surface area contributed by atoms with Gasteiger partial charge in [0.2, 0.25) is 0 Å². The maximum atomic E-state index is 13.6. The smallest absolute Gasteiger partial charge is 0.142 e. The van der Waals surface area contributed by atoms with Gasteiger partial charge < -0.3 is 10.2 Å². The highest BCUT2D eigenvalue weighted by Gasteiger charge is 2.26. The lowest BCUT2D eigenvalue weighted by Crippen LogP contribution is -2.40. The molecule has 1 N–H and O–H groups in total. The van der Waals surface area contributed by atoms with Gasteiger partial charge in [-0.2, -0.15) is 0 Å². The summed E-state index contributed by atoms with van der Waals surface area (Å²) in [7, 11) is 0. The lowest BCUT2D eigenvalue weighted by molar-refractivity contribution is 0.169. The number of halogens is 1. The summed E-state index contributed by atoms with van der Waals surface area (Å²) in [5, 5.41) is 5.35. The maximum Gasteiger partial charge on any atom is 0.142 e. The van der Waals surface area contributed by atoms with Gasteiger partial charge in [-0.1, -0.05) is 24.8 Å². The summed E-state index contributed by atoms with van der Waals surface area (Å²) in [6, 6.07) is 10.1. The second-order valence-corrected chi connectivity index (χ2v) is 9.43. The summed E-state index contributed by atoms with van der Waals surface area (Å²) < 4.78 is 13.6. The monoisotopic (exact) mass is 455 g/mol. The fourth-order valence-electron chi connectivity index (χ4n) is 4.82. The fraction of sp³-hybridized carbons (Fsp3) is 0.321. The number of rotatable bonds is 6. The molecule has 0 bridgehead atoms. The number of likely N-dealkylation sites (tertiary alicyclic amines) is 1. The third-order valence-corrected chi connectivity index (χ3v) is 6.85. The molecule has 5 rings (SSSR count). The molecule has 5 nitrogen and oxygen atoms in total. The molecule has 0 saturated carbocycles. The highest BCUT2D eigenvalue weighted by atomic mass is 19.1. The van der Waals surface area contributed by atoms with Gasteiger partial charge in [0.05, 0.1) is 17.6 Å². The van der Waals surface area contributed by atoms with Crippen molar-refractivity contribution in [3.63, 3.8) is 0 Å². The number of nitrogens with one attached hydrogen (secondary N) is 1. The summed E-state index contributed by atoms with van der Waals surface area (Å²) in [5.41, 5.74) is 4.59. The van der Waals surface area contributed by atoms with Gasteiger partial charge in [-0.25, -0.2) is 9.37 Å². The Morgan fingerprint density at radius 2 is 1.88 bits per heavy atom. The van der Waals surface area contributed by atoms with Crippen molar-refractivity contribution in [1.29, 1.82) is 0 Å². The van der Waals surface area contributed by atoms with Gasteiger partial charge in [-0.3, -0.25) is 9.98 Å². The molecular weight excluding hydrogens is 425 g/mol. The minimum Gasteiger partial charge on any atom is -0.339 e. The van der Waals surface area contributed by atoms with Gasteiger partial charge in [-0.15, -0.1) is 0 Å². The zero-order valence-electron chi connectivity index (χ0n) is 19.8. The molecular formula is C28H30FN5. The molecule has 1 fully saturated rings. The third-order valence-electron chi connectivity index (χ3n) is 6.85. The van der Waals surface area contributed by atoms with Crippen LogP contribution in [0.5, 0.6) is 0 Å². The first-order valence-electron chi connectivity index (χ1n) is 11.9. The van der Waals surface area contributed by atoms with E-state index in [1.807, 2.05) is 30.5 Å². The largest absolute Gasteiger partial charge is 0.339 e. The number of benzene rings is 1. The van der Waals surface area contributed by atoms with Crippen LogP contribution in [-0.4, -0.2) is 39.7 Å². The highest BCUT2D eigenvalue weighted by Crippen LogP contribution is 2.29. The second-order valence-electron chi connectivity index (χ2n) is 9.43. The average molecular weight is 456 g/mol. The van der Waals surface area contributed by atoms with E-state index in [2.05, 4.69) is 46.7 Å². The molecule has 6 heteroatoms. The number of nitrogens with zero attached hydrogens (tertiary/aromatic N) is 4. The lowest BCUT2D eigenvalue weighted by Gasteiger charge is -2.34. The fourth-order valence-corrected chi connectivity index (χ4v) is 4.82. The van der Waals surface area contributed by atoms with Crippen LogP contribution in [0.15, 0.2) is 78.0 Å². The van der Waals surface area contributed by atoms with E-state index in [1.165, 1.54) is 30.8 Å². The molecule has 4 heterocycles. The van der Waals surface area contributed by atoms with E-state index in [9.17, 15) is 4.39 Å². The first kappa shape index (κ1) is 22.4. The maximum absolute atomic E-state index is 13.6. The van der Waals surface area contributed by atoms with Gasteiger partial charge in [0, 0.05) is 47.4 Å². The number of aromatic nitrogens is 2. The van der Waals surface area contributed by atoms with Crippen molar-refractivity contribution < 1.29 is 4.39 Å². The number of piperidine rings is 1. The van der Waals surface area contributed by atoms with E-state index in [4.69, 9.17) is 4.99 Å². The molecule has 2 aromatic heterocycles. The molecule has 0 unspecified atom stereocenters. The minimum atomic E-state index is -0.346. The molecule has 3 aromatic rings. The Bertz CT molecular complexity index is 1280. The van der Waals surface area contributed by atoms with Crippen LogP contribution in [0.1, 0.15) is 33.1 Å². The minimum absolute atomic E-state index is 0.346. The first-order valence-corrected chi connectivity index (χ1v) is 11.9. The molecule has 2 aliphatic heterocycles. The van der Waals surface area contributed by atoms with Crippen LogP contribution in [0.2, 0.25) is 0 Å². The standard InChI is InChI=1S/C28H30FN5/c1-18(2)34-10-8-20(9-11-34)27-7-6-26(33-27)19(3)32-28-14-23-12-21(4-5-22(23)16-31-28)24-13-25(29)17-30-15-24/h4-6,12-18,20H,3,7-11H2,1-2H3,(H,31,32). The van der Waals surface area contributed by atoms with Crippen LogP contribution in [-0.2, 0) is 0 Å². The summed E-state index contributed by atoms with van der Waals surface area (Å²) in [6.45, 7) is 11.0. The van der Waals surface area contributed by atoms with Crippen LogP contribution >= 0.6 is 0 Å². The number of pyridine rings is 2. The number of fused-ring (bicyclic) bond motifs is 1. The van der Waals surface area contributed by atoms with Gasteiger partial charge >= 0.3 is 0 Å².